The van der Waals surface area contributed by atoms with Crippen LogP contribution < -0.4 is 5.43 Å². The summed E-state index contributed by atoms with van der Waals surface area (Å²) in [5.74, 6) is -0.427. The molecule has 0 saturated heterocycles. The number of carbonyl (C=O) groups excluding carboxylic acids is 2. The van der Waals surface area contributed by atoms with Crippen LogP contribution in [0.25, 0.3) is 0 Å². The number of halogens is 1. The fourth-order valence-electron chi connectivity index (χ4n) is 2.49. The van der Waals surface area contributed by atoms with Crippen molar-refractivity contribution >= 4 is 29.1 Å². The fourth-order valence-corrected chi connectivity index (χ4v) is 2.62. The van der Waals surface area contributed by atoms with E-state index in [1.807, 2.05) is 0 Å². The number of imide groups is 1. The summed E-state index contributed by atoms with van der Waals surface area (Å²) in [5.41, 5.74) is 4.89. The summed E-state index contributed by atoms with van der Waals surface area (Å²) < 4.78 is 0. The zero-order valence-electron chi connectivity index (χ0n) is 10.3. The highest BCUT2D eigenvalue weighted by atomic mass is 35.5. The number of hydrogen-bond acceptors (Lipinski definition) is 3. The molecule has 0 aromatic heterocycles. The Morgan fingerprint density at radius 3 is 2.00 bits per heavy atom. The van der Waals surface area contributed by atoms with Crippen LogP contribution in [0.2, 0.25) is 5.02 Å². The summed E-state index contributed by atoms with van der Waals surface area (Å²) in [6.45, 7) is 0. The van der Waals surface area contributed by atoms with Crippen LogP contribution in [0.1, 0.15) is 25.7 Å². The number of hydrogen-bond donors (Lipinski definition) is 1. The molecule has 0 spiro atoms. The zero-order valence-corrected chi connectivity index (χ0v) is 11.0. The minimum absolute atomic E-state index is 0.213. The third kappa shape index (κ3) is 2.12. The maximum Gasteiger partial charge on any atom is 0.276 e. The summed E-state index contributed by atoms with van der Waals surface area (Å²) in [4.78, 5) is 24.4. The molecule has 2 amide bonds. The first-order valence-electron chi connectivity index (χ1n) is 6.30. The Morgan fingerprint density at radius 1 is 0.947 bits per heavy atom. The summed E-state index contributed by atoms with van der Waals surface area (Å²) in [7, 11) is 0. The first-order valence-corrected chi connectivity index (χ1v) is 6.67. The van der Waals surface area contributed by atoms with Gasteiger partial charge in [-0.3, -0.25) is 15.0 Å². The van der Waals surface area contributed by atoms with E-state index in [2.05, 4.69) is 5.43 Å². The first-order chi connectivity index (χ1) is 9.16. The van der Waals surface area contributed by atoms with Crippen LogP contribution in [0.5, 0.6) is 0 Å². The van der Waals surface area contributed by atoms with E-state index in [0.717, 1.165) is 17.9 Å². The average molecular weight is 277 g/mol. The van der Waals surface area contributed by atoms with Crippen molar-refractivity contribution in [3.63, 3.8) is 0 Å². The minimum atomic E-state index is -0.213. The van der Waals surface area contributed by atoms with Crippen LogP contribution in [-0.2, 0) is 9.59 Å². The van der Waals surface area contributed by atoms with Crippen LogP contribution in [0.3, 0.4) is 0 Å². The third-order valence-corrected chi connectivity index (χ3v) is 3.73. The Bertz CT molecular complexity index is 550. The molecule has 1 N–H and O–H groups in total. The molecule has 3 rings (SSSR count). The Balaban J connectivity index is 1.82. The van der Waals surface area contributed by atoms with E-state index in [9.17, 15) is 9.59 Å². The van der Waals surface area contributed by atoms with Crippen LogP contribution in [0.15, 0.2) is 35.4 Å². The number of amides is 2. The van der Waals surface area contributed by atoms with Crippen molar-refractivity contribution in [2.75, 3.05) is 5.43 Å². The molecule has 5 heteroatoms. The molecule has 0 fully saturated rings. The van der Waals surface area contributed by atoms with Crippen molar-refractivity contribution in [1.82, 2.24) is 5.01 Å². The Morgan fingerprint density at radius 2 is 1.47 bits per heavy atom. The molecule has 4 nitrogen and oxygen atoms in total. The van der Waals surface area contributed by atoms with Crippen LogP contribution >= 0.6 is 11.6 Å². The molecule has 98 valence electrons. The second kappa shape index (κ2) is 4.70. The van der Waals surface area contributed by atoms with Gasteiger partial charge in [0.25, 0.3) is 11.8 Å². The molecule has 1 aromatic carbocycles. The van der Waals surface area contributed by atoms with Crippen molar-refractivity contribution in [3.05, 3.63) is 40.4 Å². The molecule has 0 saturated carbocycles. The number of nitrogens with one attached hydrogen (secondary N) is 1. The van der Waals surface area contributed by atoms with Gasteiger partial charge in [-0.05, 0) is 49.9 Å². The SMILES string of the molecule is O=C1C2=C(CCCC2)C(=O)N1Nc1ccc(Cl)cc1. The van der Waals surface area contributed by atoms with Gasteiger partial charge in [-0.1, -0.05) is 11.6 Å². The molecule has 0 unspecified atom stereocenters. The van der Waals surface area contributed by atoms with Gasteiger partial charge in [0.1, 0.15) is 0 Å². The van der Waals surface area contributed by atoms with E-state index in [1.165, 1.54) is 0 Å². The molecular weight excluding hydrogens is 264 g/mol. The molecule has 0 bridgehead atoms. The molecule has 1 heterocycles. The quantitative estimate of drug-likeness (QED) is 0.845. The number of anilines is 1. The van der Waals surface area contributed by atoms with Gasteiger partial charge in [-0.15, -0.1) is 0 Å². The highest BCUT2D eigenvalue weighted by Gasteiger charge is 2.39. The number of carbonyl (C=O) groups is 2. The molecular formula is C14H13ClN2O2. The van der Waals surface area contributed by atoms with Crippen molar-refractivity contribution in [2.24, 2.45) is 0 Å². The van der Waals surface area contributed by atoms with E-state index in [-0.39, 0.29) is 11.8 Å². The Kier molecular flexibility index (Phi) is 3.03. The van der Waals surface area contributed by atoms with Crippen LogP contribution in [0, 0.1) is 0 Å². The van der Waals surface area contributed by atoms with Gasteiger partial charge < -0.3 is 0 Å². The molecule has 1 aliphatic carbocycles. The van der Waals surface area contributed by atoms with Gasteiger partial charge in [0.15, 0.2) is 0 Å². The topological polar surface area (TPSA) is 49.4 Å². The predicted molar refractivity (Wildman–Crippen MR) is 72.4 cm³/mol. The average Bonchev–Trinajstić information content (AvgIpc) is 2.67. The smallest absolute Gasteiger partial charge is 0.276 e. The monoisotopic (exact) mass is 276 g/mol. The van der Waals surface area contributed by atoms with Gasteiger partial charge in [0.2, 0.25) is 0 Å². The lowest BCUT2D eigenvalue weighted by atomic mass is 9.93. The molecule has 1 aromatic rings. The second-order valence-electron chi connectivity index (χ2n) is 4.73. The lowest BCUT2D eigenvalue weighted by Crippen LogP contribution is -2.37. The maximum atomic E-state index is 12.2. The van der Waals surface area contributed by atoms with Gasteiger partial charge in [-0.25, -0.2) is 0 Å². The zero-order chi connectivity index (χ0) is 13.4. The Labute approximate surface area is 116 Å². The molecule has 19 heavy (non-hydrogen) atoms. The standard InChI is InChI=1S/C14H13ClN2O2/c15-9-5-7-10(8-6-9)16-17-13(18)11-3-1-2-4-12(11)14(17)19/h5-8,16H,1-4H2. The third-order valence-electron chi connectivity index (χ3n) is 3.48. The number of hydrazine groups is 1. The number of benzene rings is 1. The maximum absolute atomic E-state index is 12.2. The minimum Gasteiger partial charge on any atom is -0.288 e. The van der Waals surface area contributed by atoms with Crippen LogP contribution in [0.4, 0.5) is 5.69 Å². The van der Waals surface area contributed by atoms with Crippen molar-refractivity contribution in [1.29, 1.82) is 0 Å². The van der Waals surface area contributed by atoms with E-state index in [0.29, 0.717) is 34.7 Å². The van der Waals surface area contributed by atoms with Gasteiger partial charge >= 0.3 is 0 Å². The number of rotatable bonds is 2. The summed E-state index contributed by atoms with van der Waals surface area (Å²) in [5, 5.41) is 1.72. The molecule has 0 radical (unpaired) electrons. The Hall–Kier alpha value is -1.81. The second-order valence-corrected chi connectivity index (χ2v) is 5.17. The van der Waals surface area contributed by atoms with Crippen molar-refractivity contribution in [3.8, 4) is 0 Å². The number of nitrogens with zero attached hydrogens (tertiary/aromatic N) is 1. The largest absolute Gasteiger partial charge is 0.288 e. The van der Waals surface area contributed by atoms with Crippen molar-refractivity contribution in [2.45, 2.75) is 25.7 Å². The van der Waals surface area contributed by atoms with E-state index in [4.69, 9.17) is 11.6 Å². The summed E-state index contributed by atoms with van der Waals surface area (Å²) in [6, 6.07) is 6.89. The lowest BCUT2D eigenvalue weighted by molar-refractivity contribution is -0.136. The van der Waals surface area contributed by atoms with Gasteiger partial charge in [0.05, 0.1) is 5.69 Å². The van der Waals surface area contributed by atoms with E-state index < -0.39 is 0 Å². The predicted octanol–water partition coefficient (Wildman–Crippen LogP) is 2.91. The highest BCUT2D eigenvalue weighted by molar-refractivity contribution is 6.30. The first kappa shape index (κ1) is 12.2. The lowest BCUT2D eigenvalue weighted by Gasteiger charge is -2.17. The summed E-state index contributed by atoms with van der Waals surface area (Å²) in [6.07, 6.45) is 3.37. The van der Waals surface area contributed by atoms with Gasteiger partial charge in [0, 0.05) is 16.2 Å². The van der Waals surface area contributed by atoms with E-state index in [1.54, 1.807) is 24.3 Å². The van der Waals surface area contributed by atoms with Crippen LogP contribution in [-0.4, -0.2) is 16.8 Å². The fraction of sp³-hybridized carbons (Fsp3) is 0.286. The van der Waals surface area contributed by atoms with Gasteiger partial charge in [-0.2, -0.15) is 5.01 Å². The molecule has 1 aliphatic heterocycles. The molecule has 2 aliphatic rings. The molecule has 0 atom stereocenters. The summed E-state index contributed by atoms with van der Waals surface area (Å²) >= 11 is 5.80. The highest BCUT2D eigenvalue weighted by Crippen LogP contribution is 2.33. The van der Waals surface area contributed by atoms with Crippen molar-refractivity contribution < 1.29 is 9.59 Å². The van der Waals surface area contributed by atoms with E-state index >= 15 is 0 Å². The normalized spacial score (nSPS) is 18.9.